The molecule has 1 atom stereocenters. The summed E-state index contributed by atoms with van der Waals surface area (Å²) in [6, 6.07) is 20.0. The van der Waals surface area contributed by atoms with Crippen LogP contribution in [0.1, 0.15) is 31.4 Å². The van der Waals surface area contributed by atoms with Crippen molar-refractivity contribution in [3.63, 3.8) is 0 Å². The molecule has 0 fully saturated rings. The number of rotatable bonds is 10. The Kier molecular flexibility index (Phi) is 7.64. The Morgan fingerprint density at radius 3 is 2.48 bits per heavy atom. The fourth-order valence-electron chi connectivity index (χ4n) is 3.15. The van der Waals surface area contributed by atoms with Crippen LogP contribution in [0.25, 0.3) is 11.4 Å². The number of hydrogen-bond acceptors (Lipinski definition) is 4. The summed E-state index contributed by atoms with van der Waals surface area (Å²) < 4.78 is 1.99. The van der Waals surface area contributed by atoms with Crippen LogP contribution < -0.4 is 5.32 Å². The first-order chi connectivity index (χ1) is 14.2. The minimum absolute atomic E-state index is 0.00767. The van der Waals surface area contributed by atoms with Crippen molar-refractivity contribution in [1.82, 2.24) is 20.1 Å². The molecule has 0 aliphatic carbocycles. The number of amides is 1. The predicted octanol–water partition coefficient (Wildman–Crippen LogP) is 4.88. The van der Waals surface area contributed by atoms with Crippen LogP contribution in [-0.4, -0.2) is 26.4 Å². The summed E-state index contributed by atoms with van der Waals surface area (Å²) in [4.78, 5) is 12.6. The highest BCUT2D eigenvalue weighted by Gasteiger charge is 2.17. The molecule has 150 valence electrons. The maximum Gasteiger partial charge on any atom is 0.230 e. The normalized spacial score (nSPS) is 11.8. The van der Waals surface area contributed by atoms with Gasteiger partial charge in [-0.15, -0.1) is 16.8 Å². The molecule has 0 saturated heterocycles. The van der Waals surface area contributed by atoms with Crippen molar-refractivity contribution in [2.24, 2.45) is 0 Å². The molecule has 0 unspecified atom stereocenters. The first kappa shape index (κ1) is 20.9. The van der Waals surface area contributed by atoms with Crippen LogP contribution >= 0.6 is 11.8 Å². The summed E-state index contributed by atoms with van der Waals surface area (Å²) in [5.74, 6) is 1.06. The number of allylic oxidation sites excluding steroid dienone is 1. The average molecular weight is 407 g/mol. The van der Waals surface area contributed by atoms with E-state index in [-0.39, 0.29) is 17.7 Å². The molecule has 0 spiro atoms. The van der Waals surface area contributed by atoms with Gasteiger partial charge in [0.2, 0.25) is 5.91 Å². The number of aromatic nitrogens is 3. The van der Waals surface area contributed by atoms with Crippen molar-refractivity contribution in [2.45, 2.75) is 37.5 Å². The average Bonchev–Trinajstić information content (AvgIpc) is 3.16. The van der Waals surface area contributed by atoms with E-state index in [1.165, 1.54) is 11.8 Å². The Morgan fingerprint density at radius 2 is 1.83 bits per heavy atom. The van der Waals surface area contributed by atoms with Gasteiger partial charge in [-0.1, -0.05) is 91.8 Å². The highest BCUT2D eigenvalue weighted by molar-refractivity contribution is 7.99. The highest BCUT2D eigenvalue weighted by atomic mass is 32.2. The maximum absolute atomic E-state index is 12.6. The van der Waals surface area contributed by atoms with Crippen LogP contribution in [0.15, 0.2) is 78.5 Å². The molecule has 5 nitrogen and oxygen atoms in total. The molecule has 0 aliphatic rings. The van der Waals surface area contributed by atoms with Crippen molar-refractivity contribution in [3.8, 4) is 11.4 Å². The zero-order valence-electron chi connectivity index (χ0n) is 16.6. The summed E-state index contributed by atoms with van der Waals surface area (Å²) in [6.07, 6.45) is 3.72. The van der Waals surface area contributed by atoms with Crippen LogP contribution in [0, 0.1) is 0 Å². The number of benzene rings is 2. The Labute approximate surface area is 176 Å². The number of carbonyl (C=O) groups is 1. The van der Waals surface area contributed by atoms with Gasteiger partial charge in [0.15, 0.2) is 11.0 Å². The minimum Gasteiger partial charge on any atom is -0.349 e. The Balaban J connectivity index is 1.68. The van der Waals surface area contributed by atoms with E-state index in [1.807, 2.05) is 59.2 Å². The van der Waals surface area contributed by atoms with Gasteiger partial charge in [-0.3, -0.25) is 9.36 Å². The minimum atomic E-state index is -0.00767. The molecule has 3 rings (SSSR count). The number of thioether (sulfide) groups is 1. The molecular weight excluding hydrogens is 380 g/mol. The summed E-state index contributed by atoms with van der Waals surface area (Å²) in [5, 5.41) is 12.5. The molecule has 1 heterocycles. The number of hydrogen-bond donors (Lipinski definition) is 1. The molecule has 1 aromatic heterocycles. The summed E-state index contributed by atoms with van der Waals surface area (Å²) >= 11 is 1.40. The van der Waals surface area contributed by atoms with Gasteiger partial charge in [0.1, 0.15) is 0 Å². The predicted molar refractivity (Wildman–Crippen MR) is 119 cm³/mol. The second kappa shape index (κ2) is 10.6. The van der Waals surface area contributed by atoms with E-state index in [2.05, 4.69) is 41.1 Å². The van der Waals surface area contributed by atoms with Gasteiger partial charge in [-0.05, 0) is 12.0 Å². The van der Waals surface area contributed by atoms with Crippen LogP contribution in [-0.2, 0) is 11.3 Å². The zero-order chi connectivity index (χ0) is 20.5. The molecule has 29 heavy (non-hydrogen) atoms. The molecule has 0 radical (unpaired) electrons. The third kappa shape index (κ3) is 5.57. The summed E-state index contributed by atoms with van der Waals surface area (Å²) in [7, 11) is 0. The van der Waals surface area contributed by atoms with Gasteiger partial charge < -0.3 is 5.32 Å². The lowest BCUT2D eigenvalue weighted by Gasteiger charge is -2.18. The quantitative estimate of drug-likeness (QED) is 0.385. The molecular formula is C23H26N4OS. The fourth-order valence-corrected chi connectivity index (χ4v) is 3.91. The van der Waals surface area contributed by atoms with Crippen LogP contribution in [0.4, 0.5) is 0 Å². The van der Waals surface area contributed by atoms with Gasteiger partial charge in [-0.2, -0.15) is 0 Å². The van der Waals surface area contributed by atoms with Gasteiger partial charge in [0.05, 0.1) is 11.8 Å². The smallest absolute Gasteiger partial charge is 0.230 e. The number of carbonyl (C=O) groups excluding carboxylic acids is 1. The largest absolute Gasteiger partial charge is 0.349 e. The SMILES string of the molecule is C=CCn1c(SCC(=O)N[C@@H](CCC)c2ccccc2)nnc1-c1ccccc1. The van der Waals surface area contributed by atoms with Gasteiger partial charge in [-0.25, -0.2) is 0 Å². The number of nitrogens with zero attached hydrogens (tertiary/aromatic N) is 3. The van der Waals surface area contributed by atoms with E-state index in [9.17, 15) is 4.79 Å². The first-order valence-corrected chi connectivity index (χ1v) is 10.8. The van der Waals surface area contributed by atoms with Gasteiger partial charge in [0, 0.05) is 12.1 Å². The summed E-state index contributed by atoms with van der Waals surface area (Å²) in [6.45, 7) is 6.55. The lowest BCUT2D eigenvalue weighted by Crippen LogP contribution is -2.30. The van der Waals surface area contributed by atoms with Crippen molar-refractivity contribution in [1.29, 1.82) is 0 Å². The van der Waals surface area contributed by atoms with E-state index in [4.69, 9.17) is 0 Å². The summed E-state index contributed by atoms with van der Waals surface area (Å²) in [5.41, 5.74) is 2.12. The lowest BCUT2D eigenvalue weighted by molar-refractivity contribution is -0.119. The van der Waals surface area contributed by atoms with Crippen molar-refractivity contribution in [3.05, 3.63) is 78.9 Å². The fraction of sp³-hybridized carbons (Fsp3) is 0.261. The molecule has 0 bridgehead atoms. The van der Waals surface area contributed by atoms with E-state index in [0.29, 0.717) is 11.7 Å². The molecule has 1 N–H and O–H groups in total. The van der Waals surface area contributed by atoms with E-state index in [1.54, 1.807) is 0 Å². The highest BCUT2D eigenvalue weighted by Crippen LogP contribution is 2.24. The Morgan fingerprint density at radius 1 is 1.14 bits per heavy atom. The van der Waals surface area contributed by atoms with Crippen LogP contribution in [0.2, 0.25) is 0 Å². The molecule has 0 saturated carbocycles. The molecule has 2 aromatic carbocycles. The maximum atomic E-state index is 12.6. The second-order valence-electron chi connectivity index (χ2n) is 6.68. The van der Waals surface area contributed by atoms with Crippen LogP contribution in [0.5, 0.6) is 0 Å². The first-order valence-electron chi connectivity index (χ1n) is 9.79. The van der Waals surface area contributed by atoms with E-state index < -0.39 is 0 Å². The van der Waals surface area contributed by atoms with Gasteiger partial charge in [0.25, 0.3) is 0 Å². The van der Waals surface area contributed by atoms with Gasteiger partial charge >= 0.3 is 0 Å². The molecule has 6 heteroatoms. The topological polar surface area (TPSA) is 59.8 Å². The third-order valence-corrected chi connectivity index (χ3v) is 5.47. The second-order valence-corrected chi connectivity index (χ2v) is 7.62. The standard InChI is InChI=1S/C23H26N4OS/c1-3-11-20(18-12-7-5-8-13-18)24-21(28)17-29-23-26-25-22(27(23)16-4-2)19-14-9-6-10-15-19/h4-10,12-15,20H,2-3,11,16-17H2,1H3,(H,24,28)/t20-/m0/s1. The third-order valence-electron chi connectivity index (χ3n) is 4.51. The Bertz CT molecular complexity index is 925. The molecule has 0 aliphatic heterocycles. The van der Waals surface area contributed by atoms with Crippen molar-refractivity contribution in [2.75, 3.05) is 5.75 Å². The number of nitrogens with one attached hydrogen (secondary N) is 1. The van der Waals surface area contributed by atoms with Crippen LogP contribution in [0.3, 0.4) is 0 Å². The zero-order valence-corrected chi connectivity index (χ0v) is 17.4. The Hall–Kier alpha value is -2.86. The molecule has 3 aromatic rings. The van der Waals surface area contributed by atoms with E-state index in [0.717, 1.165) is 29.8 Å². The van der Waals surface area contributed by atoms with Crippen molar-refractivity contribution < 1.29 is 4.79 Å². The lowest BCUT2D eigenvalue weighted by atomic mass is 10.0. The molecule has 1 amide bonds. The van der Waals surface area contributed by atoms with Crippen molar-refractivity contribution >= 4 is 17.7 Å². The monoisotopic (exact) mass is 406 g/mol. The van der Waals surface area contributed by atoms with E-state index >= 15 is 0 Å².